The molecule has 0 aromatic heterocycles. The molecule has 2 rings (SSSR count). The molecule has 0 saturated carbocycles. The molecule has 0 radical (unpaired) electrons. The van der Waals surface area contributed by atoms with Crippen molar-refractivity contribution in [1.29, 1.82) is 0 Å². The van der Waals surface area contributed by atoms with Crippen LogP contribution in [0.4, 0.5) is 0 Å². The van der Waals surface area contributed by atoms with Gasteiger partial charge in [-0.15, -0.1) is 24.2 Å². The fourth-order valence-corrected chi connectivity index (χ4v) is 3.86. The maximum atomic E-state index is 11.3. The van der Waals surface area contributed by atoms with Crippen molar-refractivity contribution < 1.29 is 9.53 Å². The number of fused-ring (bicyclic) bond motifs is 1. The highest BCUT2D eigenvalue weighted by Gasteiger charge is 2.19. The molecule has 20 heavy (non-hydrogen) atoms. The quantitative estimate of drug-likeness (QED) is 0.666. The van der Waals surface area contributed by atoms with Crippen LogP contribution in [0.3, 0.4) is 0 Å². The summed E-state index contributed by atoms with van der Waals surface area (Å²) in [6.45, 7) is 1.81. The molecule has 0 amide bonds. The van der Waals surface area contributed by atoms with E-state index in [2.05, 4.69) is 10.1 Å². The van der Waals surface area contributed by atoms with E-state index in [1.165, 1.54) is 18.9 Å². The molecular weight excluding hydrogens is 341 g/mol. The Labute approximate surface area is 139 Å². The van der Waals surface area contributed by atoms with Gasteiger partial charge in [0.15, 0.2) is 0 Å². The number of carbonyl (C=O) groups excluding carboxylic acids is 1. The summed E-state index contributed by atoms with van der Waals surface area (Å²) < 4.78 is 4.66. The first kappa shape index (κ1) is 17.9. The van der Waals surface area contributed by atoms with Crippen LogP contribution >= 0.6 is 47.4 Å². The molecule has 0 fully saturated rings. The van der Waals surface area contributed by atoms with E-state index in [-0.39, 0.29) is 24.1 Å². The van der Waals surface area contributed by atoms with Gasteiger partial charge < -0.3 is 10.1 Å². The second-order valence-electron chi connectivity index (χ2n) is 4.24. The summed E-state index contributed by atoms with van der Waals surface area (Å²) in [5.74, 6) is 0.00840. The van der Waals surface area contributed by atoms with Crippen LogP contribution in [-0.4, -0.2) is 31.9 Å². The van der Waals surface area contributed by atoms with E-state index >= 15 is 0 Å². The second kappa shape index (κ2) is 8.35. The van der Waals surface area contributed by atoms with Crippen molar-refractivity contribution in [2.45, 2.75) is 17.7 Å². The summed E-state index contributed by atoms with van der Waals surface area (Å²) in [5.41, 5.74) is 2.31. The molecule has 1 heterocycles. The smallest absolute Gasteiger partial charge is 0.315 e. The van der Waals surface area contributed by atoms with Gasteiger partial charge >= 0.3 is 5.97 Å². The molecular formula is C13H16Cl3NO2S. The third-order valence-corrected chi connectivity index (χ3v) is 4.95. The lowest BCUT2D eigenvalue weighted by Crippen LogP contribution is -2.16. The largest absolute Gasteiger partial charge is 0.468 e. The number of thioether (sulfide) groups is 1. The third-order valence-electron chi connectivity index (χ3n) is 3.06. The number of methoxy groups -OCH3 is 1. The Morgan fingerprint density at radius 1 is 1.30 bits per heavy atom. The molecule has 0 unspecified atom stereocenters. The Bertz CT molecular complexity index is 497. The van der Waals surface area contributed by atoms with Gasteiger partial charge in [-0.2, -0.15) is 0 Å². The van der Waals surface area contributed by atoms with Crippen molar-refractivity contribution in [2.75, 3.05) is 26.0 Å². The zero-order chi connectivity index (χ0) is 13.8. The average Bonchev–Trinajstić information content (AvgIpc) is 2.64. The molecule has 1 aromatic rings. The van der Waals surface area contributed by atoms with Crippen LogP contribution in [-0.2, 0) is 22.4 Å². The van der Waals surface area contributed by atoms with Crippen molar-refractivity contribution in [1.82, 2.24) is 5.32 Å². The standard InChI is InChI=1S/C13H15Cl2NO2S.ClH/c1-18-12(17)7-19-13-9-3-5-16-4-2-8(9)10(14)6-11(13)15;/h6,16H,2-5,7H2,1H3;1H. The maximum Gasteiger partial charge on any atom is 0.315 e. The van der Waals surface area contributed by atoms with E-state index in [0.29, 0.717) is 10.0 Å². The number of carbonyl (C=O) groups is 1. The first-order valence-electron chi connectivity index (χ1n) is 6.03. The summed E-state index contributed by atoms with van der Waals surface area (Å²) in [7, 11) is 1.39. The Hall–Kier alpha value is -0.130. The molecule has 1 aliphatic rings. The van der Waals surface area contributed by atoms with E-state index in [0.717, 1.165) is 42.0 Å². The van der Waals surface area contributed by atoms with Crippen LogP contribution in [0.1, 0.15) is 11.1 Å². The van der Waals surface area contributed by atoms with Gasteiger partial charge in [-0.25, -0.2) is 0 Å². The highest BCUT2D eigenvalue weighted by molar-refractivity contribution is 8.00. The van der Waals surface area contributed by atoms with Gasteiger partial charge in [0.25, 0.3) is 0 Å². The van der Waals surface area contributed by atoms with Gasteiger partial charge in [0.2, 0.25) is 0 Å². The van der Waals surface area contributed by atoms with Crippen LogP contribution in [0.5, 0.6) is 0 Å². The molecule has 0 bridgehead atoms. The second-order valence-corrected chi connectivity index (χ2v) is 6.04. The van der Waals surface area contributed by atoms with Gasteiger partial charge in [0.1, 0.15) is 0 Å². The Balaban J connectivity index is 0.00000200. The predicted molar refractivity (Wildman–Crippen MR) is 86.7 cm³/mol. The summed E-state index contributed by atoms with van der Waals surface area (Å²) >= 11 is 14.0. The van der Waals surface area contributed by atoms with Crippen molar-refractivity contribution in [3.63, 3.8) is 0 Å². The molecule has 0 saturated heterocycles. The lowest BCUT2D eigenvalue weighted by molar-refractivity contribution is -0.137. The van der Waals surface area contributed by atoms with Crippen molar-refractivity contribution >= 4 is 53.3 Å². The van der Waals surface area contributed by atoms with Crippen molar-refractivity contribution in [3.05, 3.63) is 27.2 Å². The minimum Gasteiger partial charge on any atom is -0.468 e. The van der Waals surface area contributed by atoms with Crippen LogP contribution in [0.15, 0.2) is 11.0 Å². The van der Waals surface area contributed by atoms with Gasteiger partial charge in [0, 0.05) is 9.92 Å². The summed E-state index contributed by atoms with van der Waals surface area (Å²) in [6, 6.07) is 1.77. The maximum absolute atomic E-state index is 11.3. The fraction of sp³-hybridized carbons (Fsp3) is 0.462. The van der Waals surface area contributed by atoms with Crippen molar-refractivity contribution in [2.24, 2.45) is 0 Å². The first-order chi connectivity index (χ1) is 9.13. The SMILES string of the molecule is COC(=O)CSc1c(Cl)cc(Cl)c2c1CCNCC2.Cl. The lowest BCUT2D eigenvalue weighted by Gasteiger charge is -2.15. The molecule has 1 N–H and O–H groups in total. The molecule has 7 heteroatoms. The zero-order valence-electron chi connectivity index (χ0n) is 11.0. The molecule has 1 aliphatic heterocycles. The Morgan fingerprint density at radius 3 is 2.60 bits per heavy atom. The van der Waals surface area contributed by atoms with Crippen LogP contribution in [0, 0.1) is 0 Å². The Kier molecular flexibility index (Phi) is 7.48. The number of esters is 1. The van der Waals surface area contributed by atoms with E-state index in [1.807, 2.05) is 0 Å². The number of rotatable bonds is 3. The molecule has 0 atom stereocenters. The number of nitrogens with one attached hydrogen (secondary N) is 1. The fourth-order valence-electron chi connectivity index (χ4n) is 2.12. The summed E-state index contributed by atoms with van der Waals surface area (Å²) in [6.07, 6.45) is 1.76. The third kappa shape index (κ3) is 4.18. The molecule has 1 aromatic carbocycles. The number of benzene rings is 1. The van der Waals surface area contributed by atoms with Gasteiger partial charge in [-0.05, 0) is 43.1 Å². The van der Waals surface area contributed by atoms with Gasteiger partial charge in [0.05, 0.1) is 17.9 Å². The van der Waals surface area contributed by atoms with E-state index in [1.54, 1.807) is 6.07 Å². The van der Waals surface area contributed by atoms with Crippen LogP contribution in [0.2, 0.25) is 10.0 Å². The first-order valence-corrected chi connectivity index (χ1v) is 7.77. The van der Waals surface area contributed by atoms with E-state index in [4.69, 9.17) is 23.2 Å². The number of ether oxygens (including phenoxy) is 1. The minimum absolute atomic E-state index is 0. The zero-order valence-corrected chi connectivity index (χ0v) is 14.1. The summed E-state index contributed by atoms with van der Waals surface area (Å²) in [5, 5.41) is 4.67. The van der Waals surface area contributed by atoms with Gasteiger partial charge in [-0.3, -0.25) is 4.79 Å². The van der Waals surface area contributed by atoms with Gasteiger partial charge in [-0.1, -0.05) is 23.2 Å². The topological polar surface area (TPSA) is 38.3 Å². The highest BCUT2D eigenvalue weighted by Crippen LogP contribution is 2.38. The molecule has 3 nitrogen and oxygen atoms in total. The normalized spacial score (nSPS) is 13.9. The van der Waals surface area contributed by atoms with E-state index < -0.39 is 0 Å². The molecule has 0 spiro atoms. The molecule has 0 aliphatic carbocycles. The number of hydrogen-bond donors (Lipinski definition) is 1. The monoisotopic (exact) mass is 355 g/mol. The predicted octanol–water partition coefficient (Wildman–Crippen LogP) is 3.37. The number of halogens is 3. The van der Waals surface area contributed by atoms with E-state index in [9.17, 15) is 4.79 Å². The Morgan fingerprint density at radius 2 is 1.95 bits per heavy atom. The molecule has 112 valence electrons. The minimum atomic E-state index is -0.253. The van der Waals surface area contributed by atoms with Crippen LogP contribution < -0.4 is 5.32 Å². The lowest BCUT2D eigenvalue weighted by atomic mass is 10.0. The summed E-state index contributed by atoms with van der Waals surface area (Å²) in [4.78, 5) is 12.2. The number of hydrogen-bond acceptors (Lipinski definition) is 4. The van der Waals surface area contributed by atoms with Crippen molar-refractivity contribution in [3.8, 4) is 0 Å². The average molecular weight is 357 g/mol. The highest BCUT2D eigenvalue weighted by atomic mass is 35.5. The van der Waals surface area contributed by atoms with Crippen LogP contribution in [0.25, 0.3) is 0 Å².